The van der Waals surface area contributed by atoms with Gasteiger partial charge >= 0.3 is 0 Å². The van der Waals surface area contributed by atoms with E-state index in [1.54, 1.807) is 0 Å². The van der Waals surface area contributed by atoms with E-state index in [9.17, 15) is 15.3 Å². The van der Waals surface area contributed by atoms with Crippen molar-refractivity contribution in [1.82, 2.24) is 0 Å². The van der Waals surface area contributed by atoms with Crippen molar-refractivity contribution >= 4 is 0 Å². The van der Waals surface area contributed by atoms with E-state index in [0.29, 0.717) is 31.1 Å². The third-order valence-corrected chi connectivity index (χ3v) is 6.78. The summed E-state index contributed by atoms with van der Waals surface area (Å²) in [6.07, 6.45) is 2.50. The molecule has 0 radical (unpaired) electrons. The summed E-state index contributed by atoms with van der Waals surface area (Å²) < 4.78 is 0. The normalized spacial score (nSPS) is 37.6. The van der Waals surface area contributed by atoms with Crippen LogP contribution in [0.15, 0.2) is 0 Å². The molecule has 0 unspecified atom stereocenters. The molecule has 2 rings (SSSR count). The van der Waals surface area contributed by atoms with Gasteiger partial charge in [0.25, 0.3) is 0 Å². The third kappa shape index (κ3) is 2.63. The van der Waals surface area contributed by atoms with Crippen LogP contribution in [0.5, 0.6) is 0 Å². The number of rotatable bonds is 8. The van der Waals surface area contributed by atoms with E-state index in [-0.39, 0.29) is 30.7 Å². The van der Waals surface area contributed by atoms with Crippen LogP contribution < -0.4 is 10.2 Å². The lowest BCUT2D eigenvalue weighted by Crippen LogP contribution is -3.22. The largest absolute Gasteiger partial charge is 0.391 e. The fraction of sp³-hybridized carbons (Fsp3) is 1.00. The molecule has 0 saturated heterocycles. The van der Waals surface area contributed by atoms with Crippen molar-refractivity contribution in [3.63, 3.8) is 0 Å². The fourth-order valence-corrected chi connectivity index (χ4v) is 5.46. The Balaban J connectivity index is 2.29. The van der Waals surface area contributed by atoms with E-state index in [0.717, 1.165) is 6.54 Å². The Morgan fingerprint density at radius 2 is 1.67 bits per heavy atom. The van der Waals surface area contributed by atoms with E-state index >= 15 is 0 Å². The first-order valence-electron chi connectivity index (χ1n) is 8.44. The van der Waals surface area contributed by atoms with Crippen LogP contribution in [-0.4, -0.2) is 66.9 Å². The van der Waals surface area contributed by atoms with Crippen LogP contribution in [0.4, 0.5) is 0 Å². The van der Waals surface area contributed by atoms with Gasteiger partial charge in [-0.2, -0.15) is 0 Å². The summed E-state index contributed by atoms with van der Waals surface area (Å²) in [7, 11) is 0. The first-order valence-corrected chi connectivity index (χ1v) is 8.44. The zero-order chi connectivity index (χ0) is 15.7. The van der Waals surface area contributed by atoms with Gasteiger partial charge in [0, 0.05) is 11.3 Å². The standard InChI is InChI=1S/C16H32N2O3/c1-15(2)12-4-5-16(15,3)14(13(12)17-6-9-19)18(7-10-20)8-11-21/h12-14,17,19-21H,4-11H2,1-3H3/p+2/t12-,13+,14+,16+/m0/s1. The molecule has 2 fully saturated rings. The molecule has 4 atom stereocenters. The second-order valence-electron chi connectivity index (χ2n) is 7.69. The highest BCUT2D eigenvalue weighted by Crippen LogP contribution is 2.63. The highest BCUT2D eigenvalue weighted by atomic mass is 16.3. The van der Waals surface area contributed by atoms with Crippen LogP contribution in [-0.2, 0) is 0 Å². The third-order valence-electron chi connectivity index (χ3n) is 6.78. The number of nitrogens with two attached hydrogens (primary N) is 1. The van der Waals surface area contributed by atoms with Gasteiger partial charge in [-0.25, -0.2) is 0 Å². The smallest absolute Gasteiger partial charge is 0.146 e. The predicted molar refractivity (Wildman–Crippen MR) is 80.9 cm³/mol. The molecule has 21 heavy (non-hydrogen) atoms. The summed E-state index contributed by atoms with van der Waals surface area (Å²) in [6.45, 7) is 9.87. The summed E-state index contributed by atoms with van der Waals surface area (Å²) >= 11 is 0. The molecule has 2 aliphatic carbocycles. The van der Waals surface area contributed by atoms with Gasteiger partial charge in [-0.05, 0) is 18.3 Å². The number of quaternary nitrogens is 2. The topological polar surface area (TPSA) is 81.7 Å². The molecule has 2 bridgehead atoms. The lowest BCUT2D eigenvalue weighted by Gasteiger charge is -2.42. The summed E-state index contributed by atoms with van der Waals surface area (Å²) in [5.74, 6) is 0.659. The molecule has 5 heteroatoms. The van der Waals surface area contributed by atoms with E-state index < -0.39 is 0 Å². The number of fused-ring (bicyclic) bond motifs is 2. The van der Waals surface area contributed by atoms with Gasteiger partial charge in [-0.1, -0.05) is 20.8 Å². The summed E-state index contributed by atoms with van der Waals surface area (Å²) in [5.41, 5.74) is 0.526. The molecule has 0 aliphatic heterocycles. The molecule has 5 nitrogen and oxygen atoms in total. The van der Waals surface area contributed by atoms with Crippen LogP contribution in [0.3, 0.4) is 0 Å². The van der Waals surface area contributed by atoms with Gasteiger partial charge in [-0.15, -0.1) is 0 Å². The molecule has 2 saturated carbocycles. The molecule has 0 aromatic heterocycles. The molecule has 0 aromatic carbocycles. The van der Waals surface area contributed by atoms with E-state index in [2.05, 4.69) is 26.1 Å². The lowest BCUT2D eigenvalue weighted by atomic mass is 9.68. The Kier molecular flexibility index (Phi) is 5.31. The molecule has 0 heterocycles. The minimum atomic E-state index is 0.166. The zero-order valence-corrected chi connectivity index (χ0v) is 13.8. The second kappa shape index (κ2) is 6.50. The molecule has 6 N–H and O–H groups in total. The van der Waals surface area contributed by atoms with Crippen LogP contribution in [0, 0.1) is 16.7 Å². The number of nitrogens with one attached hydrogen (secondary N) is 1. The SMILES string of the molecule is CC1(C)[C@H]2CC[C@]1(C)[C@H]([NH+](CCO)CCO)[C@@H]2[NH2+]CCO. The maximum atomic E-state index is 9.42. The average molecular weight is 302 g/mol. The van der Waals surface area contributed by atoms with Crippen molar-refractivity contribution < 1.29 is 25.5 Å². The molecular formula is C16H34N2O3+2. The van der Waals surface area contributed by atoms with Crippen LogP contribution in [0.2, 0.25) is 0 Å². The van der Waals surface area contributed by atoms with Gasteiger partial charge in [0.05, 0.1) is 26.4 Å². The van der Waals surface area contributed by atoms with Gasteiger partial charge in [0.1, 0.15) is 25.2 Å². The van der Waals surface area contributed by atoms with Crippen molar-refractivity contribution in [3.8, 4) is 0 Å². The number of aliphatic hydroxyl groups excluding tert-OH is 3. The van der Waals surface area contributed by atoms with Crippen molar-refractivity contribution in [2.24, 2.45) is 16.7 Å². The van der Waals surface area contributed by atoms with E-state index in [1.165, 1.54) is 17.7 Å². The van der Waals surface area contributed by atoms with Gasteiger partial charge in [0.2, 0.25) is 0 Å². The highest BCUT2D eigenvalue weighted by Gasteiger charge is 2.71. The Labute approximate surface area is 128 Å². The Bertz CT molecular complexity index is 344. The fourth-order valence-electron chi connectivity index (χ4n) is 5.46. The molecular weight excluding hydrogens is 268 g/mol. The van der Waals surface area contributed by atoms with E-state index in [1.807, 2.05) is 0 Å². The Morgan fingerprint density at radius 3 is 2.19 bits per heavy atom. The van der Waals surface area contributed by atoms with Gasteiger partial charge in [-0.3, -0.25) is 0 Å². The number of aliphatic hydroxyl groups is 3. The molecule has 0 aromatic rings. The van der Waals surface area contributed by atoms with Crippen molar-refractivity contribution in [2.75, 3.05) is 39.5 Å². The minimum Gasteiger partial charge on any atom is -0.391 e. The second-order valence-corrected chi connectivity index (χ2v) is 7.69. The summed E-state index contributed by atoms with van der Waals surface area (Å²) in [5, 5.41) is 30.4. The summed E-state index contributed by atoms with van der Waals surface area (Å²) in [6, 6.07) is 0.927. The van der Waals surface area contributed by atoms with Crippen LogP contribution >= 0.6 is 0 Å². The number of hydrogen-bond donors (Lipinski definition) is 5. The van der Waals surface area contributed by atoms with Crippen LogP contribution in [0.1, 0.15) is 33.6 Å². The monoisotopic (exact) mass is 302 g/mol. The van der Waals surface area contributed by atoms with Crippen molar-refractivity contribution in [1.29, 1.82) is 0 Å². The molecule has 0 amide bonds. The Hall–Kier alpha value is -0.200. The quantitative estimate of drug-likeness (QED) is 0.347. The van der Waals surface area contributed by atoms with Crippen molar-refractivity contribution in [2.45, 2.75) is 45.7 Å². The Morgan fingerprint density at radius 1 is 1.05 bits per heavy atom. The lowest BCUT2D eigenvalue weighted by molar-refractivity contribution is -0.953. The first kappa shape index (κ1) is 17.2. The van der Waals surface area contributed by atoms with Crippen LogP contribution in [0.25, 0.3) is 0 Å². The maximum absolute atomic E-state index is 9.42. The molecule has 2 aliphatic rings. The van der Waals surface area contributed by atoms with Crippen molar-refractivity contribution in [3.05, 3.63) is 0 Å². The zero-order valence-electron chi connectivity index (χ0n) is 13.8. The summed E-state index contributed by atoms with van der Waals surface area (Å²) in [4.78, 5) is 1.33. The molecule has 124 valence electrons. The van der Waals surface area contributed by atoms with E-state index in [4.69, 9.17) is 0 Å². The minimum absolute atomic E-state index is 0.166. The number of hydrogen-bond acceptors (Lipinski definition) is 3. The predicted octanol–water partition coefficient (Wildman–Crippen LogP) is -2.40. The average Bonchev–Trinajstić information content (AvgIpc) is 2.75. The first-order chi connectivity index (χ1) is 9.94. The molecule has 0 spiro atoms. The van der Waals surface area contributed by atoms with Gasteiger partial charge < -0.3 is 25.5 Å². The maximum Gasteiger partial charge on any atom is 0.146 e. The highest BCUT2D eigenvalue weighted by molar-refractivity contribution is 5.14. The van der Waals surface area contributed by atoms with Gasteiger partial charge in [0.15, 0.2) is 0 Å².